The second-order valence-corrected chi connectivity index (χ2v) is 5.46. The lowest BCUT2D eigenvalue weighted by atomic mass is 9.84. The second-order valence-electron chi connectivity index (χ2n) is 5.46. The lowest BCUT2D eigenvalue weighted by Crippen LogP contribution is -2.33. The van der Waals surface area contributed by atoms with Crippen molar-refractivity contribution in [2.24, 2.45) is 5.73 Å². The SMILES string of the molecule is Cc1nc(C(C)(O)CN)cc2c1OC[C@]2(C)CO. The Kier molecular flexibility index (Phi) is 3.09. The summed E-state index contributed by atoms with van der Waals surface area (Å²) in [5, 5.41) is 19.7. The van der Waals surface area contributed by atoms with Crippen molar-refractivity contribution >= 4 is 0 Å². The molecular weight excluding hydrogens is 232 g/mol. The Bertz CT molecular complexity index is 474. The van der Waals surface area contributed by atoms with Crippen molar-refractivity contribution in [1.82, 2.24) is 4.98 Å². The van der Waals surface area contributed by atoms with E-state index in [0.717, 1.165) is 5.56 Å². The average molecular weight is 252 g/mol. The number of aliphatic hydroxyl groups excluding tert-OH is 1. The summed E-state index contributed by atoms with van der Waals surface area (Å²) in [6.45, 7) is 5.91. The van der Waals surface area contributed by atoms with Crippen LogP contribution >= 0.6 is 0 Å². The fourth-order valence-corrected chi connectivity index (χ4v) is 2.11. The summed E-state index contributed by atoms with van der Waals surface area (Å²) in [4.78, 5) is 4.35. The molecule has 0 radical (unpaired) electrons. The highest BCUT2D eigenvalue weighted by Gasteiger charge is 2.39. The molecule has 2 rings (SSSR count). The first-order chi connectivity index (χ1) is 8.34. The van der Waals surface area contributed by atoms with Crippen LogP contribution in [0.4, 0.5) is 0 Å². The van der Waals surface area contributed by atoms with Gasteiger partial charge in [-0.25, -0.2) is 0 Å². The van der Waals surface area contributed by atoms with Crippen molar-refractivity contribution in [2.45, 2.75) is 31.8 Å². The van der Waals surface area contributed by atoms with Gasteiger partial charge >= 0.3 is 0 Å². The van der Waals surface area contributed by atoms with E-state index in [2.05, 4.69) is 4.98 Å². The lowest BCUT2D eigenvalue weighted by molar-refractivity contribution is 0.0618. The molecule has 2 heterocycles. The molecule has 0 saturated heterocycles. The van der Waals surface area contributed by atoms with E-state index in [-0.39, 0.29) is 13.2 Å². The first kappa shape index (κ1) is 13.3. The van der Waals surface area contributed by atoms with Crippen LogP contribution in [0.2, 0.25) is 0 Å². The molecule has 0 spiro atoms. The molecule has 5 nitrogen and oxygen atoms in total. The third-order valence-electron chi connectivity index (χ3n) is 3.63. The number of fused-ring (bicyclic) bond motifs is 1. The van der Waals surface area contributed by atoms with E-state index in [9.17, 15) is 10.2 Å². The van der Waals surface area contributed by atoms with Gasteiger partial charge in [0.05, 0.1) is 23.4 Å². The molecule has 2 atom stereocenters. The van der Waals surface area contributed by atoms with E-state index in [1.165, 1.54) is 0 Å². The maximum Gasteiger partial charge on any atom is 0.144 e. The molecule has 1 aromatic rings. The fraction of sp³-hybridized carbons (Fsp3) is 0.615. The number of hydrogen-bond acceptors (Lipinski definition) is 5. The molecule has 5 heteroatoms. The topological polar surface area (TPSA) is 88.6 Å². The summed E-state index contributed by atoms with van der Waals surface area (Å²) in [5.41, 5.74) is 6.08. The van der Waals surface area contributed by atoms with Crippen LogP contribution in [0.5, 0.6) is 5.75 Å². The number of nitrogens with two attached hydrogens (primary N) is 1. The molecule has 1 unspecified atom stereocenters. The van der Waals surface area contributed by atoms with Gasteiger partial charge in [-0.3, -0.25) is 4.98 Å². The van der Waals surface area contributed by atoms with Gasteiger partial charge in [-0.15, -0.1) is 0 Å². The minimum Gasteiger partial charge on any atom is -0.490 e. The zero-order chi connectivity index (χ0) is 13.6. The number of hydrogen-bond donors (Lipinski definition) is 3. The van der Waals surface area contributed by atoms with E-state index in [1.54, 1.807) is 13.0 Å². The highest BCUT2D eigenvalue weighted by molar-refractivity contribution is 5.47. The molecular formula is C13H20N2O3. The Morgan fingerprint density at radius 1 is 1.61 bits per heavy atom. The molecule has 0 bridgehead atoms. The third kappa shape index (κ3) is 1.88. The summed E-state index contributed by atoms with van der Waals surface area (Å²) in [7, 11) is 0. The largest absolute Gasteiger partial charge is 0.490 e. The molecule has 1 aliphatic rings. The molecule has 18 heavy (non-hydrogen) atoms. The summed E-state index contributed by atoms with van der Waals surface area (Å²) in [6.07, 6.45) is 0. The quantitative estimate of drug-likeness (QED) is 0.715. The number of ether oxygens (including phenoxy) is 1. The Hall–Kier alpha value is -1.17. The fourth-order valence-electron chi connectivity index (χ4n) is 2.11. The van der Waals surface area contributed by atoms with E-state index >= 15 is 0 Å². The van der Waals surface area contributed by atoms with Gasteiger partial charge in [0.2, 0.25) is 0 Å². The van der Waals surface area contributed by atoms with Crippen molar-refractivity contribution in [3.05, 3.63) is 23.0 Å². The number of aromatic nitrogens is 1. The molecule has 1 aromatic heterocycles. The van der Waals surface area contributed by atoms with Crippen molar-refractivity contribution in [3.8, 4) is 5.75 Å². The second kappa shape index (κ2) is 4.19. The number of aryl methyl sites for hydroxylation is 1. The van der Waals surface area contributed by atoms with Gasteiger partial charge in [-0.05, 0) is 26.8 Å². The molecule has 0 aromatic carbocycles. The van der Waals surface area contributed by atoms with Gasteiger partial charge in [-0.2, -0.15) is 0 Å². The molecule has 4 N–H and O–H groups in total. The lowest BCUT2D eigenvalue weighted by Gasteiger charge is -2.24. The number of nitrogens with zero attached hydrogens (tertiary/aromatic N) is 1. The summed E-state index contributed by atoms with van der Waals surface area (Å²) in [6, 6.07) is 1.79. The average Bonchev–Trinajstić information content (AvgIpc) is 2.69. The number of pyridine rings is 1. The zero-order valence-corrected chi connectivity index (χ0v) is 11.0. The Balaban J connectivity index is 2.58. The van der Waals surface area contributed by atoms with Crippen molar-refractivity contribution < 1.29 is 14.9 Å². The number of aliphatic hydroxyl groups is 2. The monoisotopic (exact) mass is 252 g/mol. The van der Waals surface area contributed by atoms with Gasteiger partial charge in [0.1, 0.15) is 18.0 Å². The zero-order valence-electron chi connectivity index (χ0n) is 11.0. The van der Waals surface area contributed by atoms with Gasteiger partial charge in [0.25, 0.3) is 0 Å². The Morgan fingerprint density at radius 3 is 2.83 bits per heavy atom. The van der Waals surface area contributed by atoms with Gasteiger partial charge in [0, 0.05) is 12.1 Å². The van der Waals surface area contributed by atoms with E-state index in [4.69, 9.17) is 10.5 Å². The standard InChI is InChI=1S/C13H20N2O3/c1-8-11-9(12(2,6-16)7-18-11)4-10(15-8)13(3,17)5-14/h4,16-17H,5-7,14H2,1-3H3/t12-,13?/m0/s1. The van der Waals surface area contributed by atoms with Crippen LogP contribution in [-0.4, -0.2) is 35.0 Å². The molecule has 0 amide bonds. The minimum absolute atomic E-state index is 0.00629. The summed E-state index contributed by atoms with van der Waals surface area (Å²) < 4.78 is 5.60. The van der Waals surface area contributed by atoms with E-state index in [1.807, 2.05) is 13.8 Å². The normalized spacial score (nSPS) is 25.4. The van der Waals surface area contributed by atoms with Gasteiger partial charge < -0.3 is 20.7 Å². The van der Waals surface area contributed by atoms with E-state index in [0.29, 0.717) is 23.7 Å². The van der Waals surface area contributed by atoms with Crippen molar-refractivity contribution in [3.63, 3.8) is 0 Å². The third-order valence-corrected chi connectivity index (χ3v) is 3.63. The smallest absolute Gasteiger partial charge is 0.144 e. The highest BCUT2D eigenvalue weighted by Crippen LogP contribution is 2.41. The predicted molar refractivity (Wildman–Crippen MR) is 67.5 cm³/mol. The van der Waals surface area contributed by atoms with Gasteiger partial charge in [-0.1, -0.05) is 0 Å². The van der Waals surface area contributed by atoms with Crippen LogP contribution in [0.15, 0.2) is 6.07 Å². The van der Waals surface area contributed by atoms with Crippen LogP contribution in [0, 0.1) is 6.92 Å². The van der Waals surface area contributed by atoms with Gasteiger partial charge in [0.15, 0.2) is 0 Å². The van der Waals surface area contributed by atoms with Crippen molar-refractivity contribution in [1.29, 1.82) is 0 Å². The van der Waals surface area contributed by atoms with Crippen LogP contribution < -0.4 is 10.5 Å². The van der Waals surface area contributed by atoms with Crippen molar-refractivity contribution in [2.75, 3.05) is 19.8 Å². The molecule has 100 valence electrons. The first-order valence-electron chi connectivity index (χ1n) is 6.03. The molecule has 0 fully saturated rings. The molecule has 0 saturated carbocycles. The van der Waals surface area contributed by atoms with Crippen LogP contribution in [0.1, 0.15) is 30.8 Å². The van der Waals surface area contributed by atoms with Crippen LogP contribution in [0.3, 0.4) is 0 Å². The maximum absolute atomic E-state index is 10.2. The summed E-state index contributed by atoms with van der Waals surface area (Å²) in [5.74, 6) is 0.711. The highest BCUT2D eigenvalue weighted by atomic mass is 16.5. The first-order valence-corrected chi connectivity index (χ1v) is 6.03. The Labute approximate surface area is 107 Å². The van der Waals surface area contributed by atoms with E-state index < -0.39 is 11.0 Å². The molecule has 0 aliphatic carbocycles. The van der Waals surface area contributed by atoms with Crippen LogP contribution in [0.25, 0.3) is 0 Å². The number of rotatable bonds is 3. The Morgan fingerprint density at radius 2 is 2.28 bits per heavy atom. The predicted octanol–water partition coefficient (Wildman–Crippen LogP) is 0.199. The summed E-state index contributed by atoms with van der Waals surface area (Å²) >= 11 is 0. The minimum atomic E-state index is -1.17. The maximum atomic E-state index is 10.2. The molecule has 1 aliphatic heterocycles. The van der Waals surface area contributed by atoms with Crippen LogP contribution in [-0.2, 0) is 11.0 Å².